The van der Waals surface area contributed by atoms with Crippen LogP contribution in [0.1, 0.15) is 0 Å². The number of sulfonamides is 2. The second kappa shape index (κ2) is 6.39. The fourth-order valence-electron chi connectivity index (χ4n) is 1.39. The Kier molecular flexibility index (Phi) is 5.34. The standard InChI is InChI=1S/C10H17N3O5S2/c1-12-19(14,15)6-5-13-20(16,17)10-4-3-8(18-2)7-9(10)11/h3-4,7,12-13H,5-6,11H2,1-2H3. The van der Waals surface area contributed by atoms with E-state index in [1.807, 2.05) is 0 Å². The highest BCUT2D eigenvalue weighted by Crippen LogP contribution is 2.23. The van der Waals surface area contributed by atoms with Crippen molar-refractivity contribution in [2.75, 3.05) is 32.2 Å². The quantitative estimate of drug-likeness (QED) is 0.558. The van der Waals surface area contributed by atoms with Gasteiger partial charge in [-0.2, -0.15) is 0 Å². The van der Waals surface area contributed by atoms with Crippen LogP contribution in [0.15, 0.2) is 23.1 Å². The van der Waals surface area contributed by atoms with Gasteiger partial charge in [0.05, 0.1) is 18.6 Å². The van der Waals surface area contributed by atoms with Crippen molar-refractivity contribution < 1.29 is 21.6 Å². The molecule has 0 amide bonds. The van der Waals surface area contributed by atoms with Crippen molar-refractivity contribution in [3.8, 4) is 5.75 Å². The topological polar surface area (TPSA) is 128 Å². The maximum absolute atomic E-state index is 12.0. The molecular weight excluding hydrogens is 306 g/mol. The van der Waals surface area contributed by atoms with Crippen molar-refractivity contribution in [3.63, 3.8) is 0 Å². The Morgan fingerprint density at radius 1 is 1.25 bits per heavy atom. The van der Waals surface area contributed by atoms with Gasteiger partial charge in [0, 0.05) is 12.6 Å². The zero-order valence-electron chi connectivity index (χ0n) is 11.1. The van der Waals surface area contributed by atoms with Crippen LogP contribution in [-0.2, 0) is 20.0 Å². The van der Waals surface area contributed by atoms with Crippen LogP contribution >= 0.6 is 0 Å². The van der Waals surface area contributed by atoms with Gasteiger partial charge in [0.1, 0.15) is 10.6 Å². The van der Waals surface area contributed by atoms with Gasteiger partial charge in [-0.3, -0.25) is 0 Å². The SMILES string of the molecule is CNS(=O)(=O)CCNS(=O)(=O)c1ccc(OC)cc1N. The van der Waals surface area contributed by atoms with Gasteiger partial charge in [0.25, 0.3) is 0 Å². The Morgan fingerprint density at radius 2 is 1.90 bits per heavy atom. The van der Waals surface area contributed by atoms with Gasteiger partial charge in [-0.25, -0.2) is 26.3 Å². The number of methoxy groups -OCH3 is 1. The predicted molar refractivity (Wildman–Crippen MR) is 75.4 cm³/mol. The highest BCUT2D eigenvalue weighted by Gasteiger charge is 2.18. The van der Waals surface area contributed by atoms with Gasteiger partial charge in [-0.1, -0.05) is 0 Å². The Bertz CT molecular complexity index is 670. The summed E-state index contributed by atoms with van der Waals surface area (Å²) in [6, 6.07) is 4.12. The monoisotopic (exact) mass is 323 g/mol. The van der Waals surface area contributed by atoms with E-state index < -0.39 is 20.0 Å². The van der Waals surface area contributed by atoms with E-state index in [0.717, 1.165) is 0 Å². The third kappa shape index (κ3) is 4.34. The third-order valence-corrected chi connectivity index (χ3v) is 5.38. The minimum atomic E-state index is -3.87. The smallest absolute Gasteiger partial charge is 0.242 e. The Labute approximate surface area is 118 Å². The molecule has 10 heteroatoms. The largest absolute Gasteiger partial charge is 0.497 e. The van der Waals surface area contributed by atoms with Crippen LogP contribution in [0.4, 0.5) is 5.69 Å². The molecule has 0 aliphatic carbocycles. The average Bonchev–Trinajstić information content (AvgIpc) is 2.37. The van der Waals surface area contributed by atoms with E-state index in [1.165, 1.54) is 32.4 Å². The number of hydrogen-bond acceptors (Lipinski definition) is 6. The molecule has 0 radical (unpaired) electrons. The van der Waals surface area contributed by atoms with E-state index in [0.29, 0.717) is 5.75 Å². The maximum Gasteiger partial charge on any atom is 0.242 e. The molecule has 1 aromatic rings. The summed E-state index contributed by atoms with van der Waals surface area (Å²) in [5, 5.41) is 0. The Hall–Kier alpha value is -1.36. The molecule has 0 bridgehead atoms. The molecule has 0 aliphatic heterocycles. The summed E-state index contributed by atoms with van der Waals surface area (Å²) in [4.78, 5) is -0.125. The van der Waals surface area contributed by atoms with Crippen molar-refractivity contribution >= 4 is 25.7 Å². The van der Waals surface area contributed by atoms with Crippen molar-refractivity contribution in [2.24, 2.45) is 0 Å². The Morgan fingerprint density at radius 3 is 2.40 bits per heavy atom. The van der Waals surface area contributed by atoms with Gasteiger partial charge in [0.15, 0.2) is 0 Å². The number of nitrogens with one attached hydrogen (secondary N) is 2. The van der Waals surface area contributed by atoms with Crippen LogP contribution < -0.4 is 19.9 Å². The molecule has 0 aromatic heterocycles. The van der Waals surface area contributed by atoms with Crippen LogP contribution in [0.2, 0.25) is 0 Å². The lowest BCUT2D eigenvalue weighted by Crippen LogP contribution is -2.33. The highest BCUT2D eigenvalue weighted by molar-refractivity contribution is 7.90. The molecule has 8 nitrogen and oxygen atoms in total. The van der Waals surface area contributed by atoms with Crippen LogP contribution in [-0.4, -0.2) is 43.3 Å². The fourth-order valence-corrected chi connectivity index (χ4v) is 3.24. The number of ether oxygens (including phenoxy) is 1. The average molecular weight is 323 g/mol. The number of anilines is 1. The first-order valence-electron chi connectivity index (χ1n) is 5.56. The minimum absolute atomic E-state index is 0.0216. The summed E-state index contributed by atoms with van der Waals surface area (Å²) in [6.45, 7) is -0.253. The van der Waals surface area contributed by atoms with Crippen LogP contribution in [0.5, 0.6) is 5.75 Å². The number of rotatable bonds is 7. The van der Waals surface area contributed by atoms with Crippen LogP contribution in [0, 0.1) is 0 Å². The summed E-state index contributed by atoms with van der Waals surface area (Å²) < 4.78 is 55.5. The van der Waals surface area contributed by atoms with Gasteiger partial charge < -0.3 is 10.5 Å². The van der Waals surface area contributed by atoms with Crippen molar-refractivity contribution in [2.45, 2.75) is 4.90 Å². The lowest BCUT2D eigenvalue weighted by Gasteiger charge is -2.10. The summed E-state index contributed by atoms with van der Waals surface area (Å²) in [7, 11) is -4.65. The third-order valence-electron chi connectivity index (χ3n) is 2.48. The summed E-state index contributed by atoms with van der Waals surface area (Å²) in [6.07, 6.45) is 0. The minimum Gasteiger partial charge on any atom is -0.497 e. The van der Waals surface area contributed by atoms with E-state index in [1.54, 1.807) is 0 Å². The molecule has 0 atom stereocenters. The molecule has 4 N–H and O–H groups in total. The lowest BCUT2D eigenvalue weighted by molar-refractivity contribution is 0.414. The van der Waals surface area contributed by atoms with Crippen LogP contribution in [0.25, 0.3) is 0 Å². The summed E-state index contributed by atoms with van der Waals surface area (Å²) in [5.41, 5.74) is 5.66. The molecule has 0 saturated heterocycles. The Balaban J connectivity index is 2.84. The first kappa shape index (κ1) is 16.7. The van der Waals surface area contributed by atoms with Gasteiger partial charge in [-0.15, -0.1) is 0 Å². The molecule has 0 spiro atoms. The number of nitrogen functional groups attached to an aromatic ring is 1. The van der Waals surface area contributed by atoms with Gasteiger partial charge in [0.2, 0.25) is 20.0 Å². The number of nitrogens with two attached hydrogens (primary N) is 1. The van der Waals surface area contributed by atoms with E-state index in [4.69, 9.17) is 10.5 Å². The molecule has 0 fully saturated rings. The van der Waals surface area contributed by atoms with E-state index in [-0.39, 0.29) is 22.9 Å². The molecule has 1 rings (SSSR count). The molecule has 1 aromatic carbocycles. The maximum atomic E-state index is 12.0. The zero-order valence-corrected chi connectivity index (χ0v) is 12.7. The van der Waals surface area contributed by atoms with Gasteiger partial charge >= 0.3 is 0 Å². The van der Waals surface area contributed by atoms with E-state index >= 15 is 0 Å². The molecule has 0 heterocycles. The molecule has 20 heavy (non-hydrogen) atoms. The van der Waals surface area contributed by atoms with Crippen molar-refractivity contribution in [1.29, 1.82) is 0 Å². The first-order chi connectivity index (χ1) is 9.22. The fraction of sp³-hybridized carbons (Fsp3) is 0.400. The second-order valence-electron chi connectivity index (χ2n) is 3.82. The lowest BCUT2D eigenvalue weighted by atomic mass is 10.3. The normalized spacial score (nSPS) is 12.3. The molecule has 0 unspecified atom stereocenters. The molecular formula is C10H17N3O5S2. The molecule has 0 saturated carbocycles. The summed E-state index contributed by atoms with van der Waals surface area (Å²) in [5.74, 6) is 0.0675. The second-order valence-corrected chi connectivity index (χ2v) is 7.61. The van der Waals surface area contributed by atoms with E-state index in [9.17, 15) is 16.8 Å². The van der Waals surface area contributed by atoms with Gasteiger partial charge in [-0.05, 0) is 19.2 Å². The van der Waals surface area contributed by atoms with Crippen molar-refractivity contribution in [3.05, 3.63) is 18.2 Å². The number of hydrogen-bond donors (Lipinski definition) is 3. The first-order valence-corrected chi connectivity index (χ1v) is 8.70. The predicted octanol–water partition coefficient (Wildman–Crippen LogP) is -0.895. The number of benzene rings is 1. The van der Waals surface area contributed by atoms with E-state index in [2.05, 4.69) is 9.44 Å². The van der Waals surface area contributed by atoms with Crippen LogP contribution in [0.3, 0.4) is 0 Å². The molecule has 114 valence electrons. The van der Waals surface area contributed by atoms with Crippen molar-refractivity contribution in [1.82, 2.24) is 9.44 Å². The summed E-state index contributed by atoms with van der Waals surface area (Å²) >= 11 is 0. The zero-order chi connectivity index (χ0) is 15.4. The highest BCUT2D eigenvalue weighted by atomic mass is 32.2. The molecule has 0 aliphatic rings.